The first-order valence-corrected chi connectivity index (χ1v) is 12.6. The minimum absolute atomic E-state index is 0.0217. The van der Waals surface area contributed by atoms with Crippen molar-refractivity contribution in [3.63, 3.8) is 0 Å². The van der Waals surface area contributed by atoms with E-state index in [4.69, 9.17) is 25.5 Å². The highest BCUT2D eigenvalue weighted by Crippen LogP contribution is 2.44. The molecule has 3 aromatic rings. The van der Waals surface area contributed by atoms with E-state index in [2.05, 4.69) is 10.2 Å². The zero-order valence-electron chi connectivity index (χ0n) is 19.6. The van der Waals surface area contributed by atoms with Crippen LogP contribution in [-0.2, 0) is 21.4 Å². The van der Waals surface area contributed by atoms with Crippen LogP contribution in [0.15, 0.2) is 38.4 Å². The van der Waals surface area contributed by atoms with Crippen molar-refractivity contribution in [2.75, 3.05) is 20.3 Å². The molecule has 1 N–H and O–H groups in total. The maximum atomic E-state index is 15.1. The molecule has 1 aromatic heterocycles. The molecule has 0 unspecified atom stereocenters. The SMILES string of the molecule is COCc1cc(Cl)cc2c1S(=O)(=O)N([C@H](c1n[nH]c(=O)o1)[C@H](C)c1c(F)ccc(C)c1C)CCO2. The fraction of sp³-hybridized carbons (Fsp3) is 0.391. The molecule has 2 aromatic carbocycles. The molecule has 188 valence electrons. The Hall–Kier alpha value is -2.73. The smallest absolute Gasteiger partial charge is 0.434 e. The highest BCUT2D eigenvalue weighted by molar-refractivity contribution is 7.89. The summed E-state index contributed by atoms with van der Waals surface area (Å²) in [5, 5.41) is 6.40. The van der Waals surface area contributed by atoms with Gasteiger partial charge in [-0.15, -0.1) is 5.10 Å². The third-order valence-corrected chi connectivity index (χ3v) is 8.44. The van der Waals surface area contributed by atoms with Crippen molar-refractivity contribution >= 4 is 21.6 Å². The topological polar surface area (TPSA) is 115 Å². The van der Waals surface area contributed by atoms with Gasteiger partial charge in [0.05, 0.1) is 6.61 Å². The van der Waals surface area contributed by atoms with Crippen LogP contribution >= 0.6 is 11.6 Å². The van der Waals surface area contributed by atoms with Crippen LogP contribution in [0.4, 0.5) is 4.39 Å². The van der Waals surface area contributed by atoms with E-state index in [9.17, 15) is 13.2 Å². The number of nitrogens with zero attached hydrogens (tertiary/aromatic N) is 2. The first-order valence-electron chi connectivity index (χ1n) is 10.8. The number of hydrogen-bond donors (Lipinski definition) is 1. The first-order chi connectivity index (χ1) is 16.6. The van der Waals surface area contributed by atoms with Crippen molar-refractivity contribution in [2.45, 2.75) is 44.2 Å². The quantitative estimate of drug-likeness (QED) is 0.520. The Morgan fingerprint density at radius 2 is 2.06 bits per heavy atom. The van der Waals surface area contributed by atoms with Gasteiger partial charge in [0, 0.05) is 36.2 Å². The number of aryl methyl sites for hydroxylation is 1. The number of methoxy groups -OCH3 is 1. The Bertz CT molecular complexity index is 1420. The lowest BCUT2D eigenvalue weighted by molar-refractivity contribution is 0.182. The number of aromatic nitrogens is 2. The summed E-state index contributed by atoms with van der Waals surface area (Å²) in [7, 11) is -2.85. The summed E-state index contributed by atoms with van der Waals surface area (Å²) in [4.78, 5) is 11.7. The molecule has 0 aliphatic carbocycles. The molecule has 0 fully saturated rings. The Morgan fingerprint density at radius 3 is 2.71 bits per heavy atom. The lowest BCUT2D eigenvalue weighted by Crippen LogP contribution is -2.39. The van der Waals surface area contributed by atoms with Crippen molar-refractivity contribution in [2.24, 2.45) is 0 Å². The minimum atomic E-state index is -4.28. The molecule has 9 nitrogen and oxygen atoms in total. The number of nitrogens with one attached hydrogen (secondary N) is 1. The molecule has 2 atom stereocenters. The van der Waals surface area contributed by atoms with Gasteiger partial charge < -0.3 is 13.9 Å². The highest BCUT2D eigenvalue weighted by Gasteiger charge is 2.44. The summed E-state index contributed by atoms with van der Waals surface area (Å²) in [6.45, 7) is 5.09. The second kappa shape index (κ2) is 9.73. The van der Waals surface area contributed by atoms with Gasteiger partial charge >= 0.3 is 5.76 Å². The van der Waals surface area contributed by atoms with E-state index >= 15 is 4.39 Å². The molecule has 0 spiro atoms. The molecule has 35 heavy (non-hydrogen) atoms. The first kappa shape index (κ1) is 25.4. The molecular weight excluding hydrogens is 501 g/mol. The molecule has 0 saturated heterocycles. The third-order valence-electron chi connectivity index (χ3n) is 6.21. The van der Waals surface area contributed by atoms with Crippen molar-refractivity contribution in [1.29, 1.82) is 0 Å². The highest BCUT2D eigenvalue weighted by atomic mass is 35.5. The average molecular weight is 526 g/mol. The fourth-order valence-electron chi connectivity index (χ4n) is 4.53. The van der Waals surface area contributed by atoms with Crippen LogP contribution in [0.3, 0.4) is 0 Å². The Balaban J connectivity index is 1.94. The van der Waals surface area contributed by atoms with E-state index in [0.717, 1.165) is 9.87 Å². The minimum Gasteiger partial charge on any atom is -0.491 e. The summed E-state index contributed by atoms with van der Waals surface area (Å²) in [6.07, 6.45) is 0. The van der Waals surface area contributed by atoms with Gasteiger partial charge in [-0.1, -0.05) is 24.6 Å². The normalized spacial score (nSPS) is 17.3. The van der Waals surface area contributed by atoms with Gasteiger partial charge in [0.1, 0.15) is 29.1 Å². The summed E-state index contributed by atoms with van der Waals surface area (Å²) in [6, 6.07) is 4.74. The van der Waals surface area contributed by atoms with Gasteiger partial charge in [0.15, 0.2) is 0 Å². The second-order valence-corrected chi connectivity index (χ2v) is 10.6. The Labute approximate surface area is 206 Å². The number of benzene rings is 2. The number of H-pyrrole nitrogens is 1. The molecule has 0 amide bonds. The van der Waals surface area contributed by atoms with Crippen molar-refractivity contribution in [3.8, 4) is 5.75 Å². The second-order valence-electron chi connectivity index (χ2n) is 8.38. The van der Waals surface area contributed by atoms with Crippen LogP contribution < -0.4 is 10.5 Å². The zero-order chi connectivity index (χ0) is 25.5. The maximum Gasteiger partial charge on any atom is 0.434 e. The van der Waals surface area contributed by atoms with Crippen LogP contribution in [0, 0.1) is 19.7 Å². The predicted molar refractivity (Wildman–Crippen MR) is 126 cm³/mol. The molecular formula is C23H25ClFN3O6S. The van der Waals surface area contributed by atoms with Crippen LogP contribution in [0.2, 0.25) is 5.02 Å². The van der Waals surface area contributed by atoms with Crippen molar-refractivity contribution in [1.82, 2.24) is 14.5 Å². The monoisotopic (exact) mass is 525 g/mol. The molecule has 0 saturated carbocycles. The maximum absolute atomic E-state index is 15.1. The molecule has 1 aliphatic rings. The Kier molecular flexibility index (Phi) is 7.05. The number of rotatable bonds is 6. The van der Waals surface area contributed by atoms with Crippen LogP contribution in [0.1, 0.15) is 47.0 Å². The number of halogens is 2. The number of hydrogen-bond acceptors (Lipinski definition) is 7. The molecule has 2 heterocycles. The van der Waals surface area contributed by atoms with Gasteiger partial charge in [-0.2, -0.15) is 4.31 Å². The molecule has 0 bridgehead atoms. The van der Waals surface area contributed by atoms with E-state index < -0.39 is 33.6 Å². The summed E-state index contributed by atoms with van der Waals surface area (Å²) >= 11 is 6.19. The molecule has 1 aliphatic heterocycles. The summed E-state index contributed by atoms with van der Waals surface area (Å²) in [5.41, 5.74) is 2.10. The lowest BCUT2D eigenvalue weighted by atomic mass is 9.87. The lowest BCUT2D eigenvalue weighted by Gasteiger charge is -2.32. The zero-order valence-corrected chi connectivity index (χ0v) is 21.2. The van der Waals surface area contributed by atoms with E-state index in [1.54, 1.807) is 19.9 Å². The van der Waals surface area contributed by atoms with Gasteiger partial charge in [0.25, 0.3) is 0 Å². The number of fused-ring (bicyclic) bond motifs is 1. The van der Waals surface area contributed by atoms with Crippen molar-refractivity contribution < 1.29 is 26.7 Å². The average Bonchev–Trinajstić information content (AvgIpc) is 3.15. The number of ether oxygens (including phenoxy) is 2. The van der Waals surface area contributed by atoms with Gasteiger partial charge in [0.2, 0.25) is 15.9 Å². The fourth-order valence-corrected chi connectivity index (χ4v) is 6.71. The van der Waals surface area contributed by atoms with Gasteiger partial charge in [-0.25, -0.2) is 22.7 Å². The largest absolute Gasteiger partial charge is 0.491 e. The summed E-state index contributed by atoms with van der Waals surface area (Å²) in [5.74, 6) is -2.23. The predicted octanol–water partition coefficient (Wildman–Crippen LogP) is 3.85. The third kappa shape index (κ3) is 4.61. The van der Waals surface area contributed by atoms with Crippen LogP contribution in [0.25, 0.3) is 0 Å². The molecule has 4 rings (SSSR count). The standard InChI is InChI=1S/C23H25ClFN3O6S/c1-12-5-6-17(25)19(13(12)2)14(3)20(22-26-27-23(29)34-22)28-7-8-33-18-10-16(24)9-15(11-32-4)21(18)35(28,30)31/h5-6,9-10,14,20H,7-8,11H2,1-4H3,(H,27,29)/t14-,20+/m1/s1. The number of aromatic amines is 1. The van der Waals surface area contributed by atoms with Crippen LogP contribution in [-0.4, -0.2) is 43.2 Å². The van der Waals surface area contributed by atoms with E-state index in [1.165, 1.54) is 25.3 Å². The molecule has 12 heteroatoms. The van der Waals surface area contributed by atoms with Gasteiger partial charge in [-0.3, -0.25) is 0 Å². The number of sulfonamides is 1. The summed E-state index contributed by atoms with van der Waals surface area (Å²) < 4.78 is 60.7. The van der Waals surface area contributed by atoms with E-state index in [1.807, 2.05) is 6.92 Å². The van der Waals surface area contributed by atoms with E-state index in [-0.39, 0.29) is 36.3 Å². The van der Waals surface area contributed by atoms with Crippen LogP contribution in [0.5, 0.6) is 5.75 Å². The van der Waals surface area contributed by atoms with E-state index in [0.29, 0.717) is 21.7 Å². The molecule has 0 radical (unpaired) electrons. The Morgan fingerprint density at radius 1 is 1.31 bits per heavy atom. The van der Waals surface area contributed by atoms with Crippen molar-refractivity contribution in [3.05, 3.63) is 73.8 Å². The van der Waals surface area contributed by atoms with Gasteiger partial charge in [-0.05, 0) is 42.7 Å².